The Labute approximate surface area is 130 Å². The highest BCUT2D eigenvalue weighted by molar-refractivity contribution is 6.01. The number of fused-ring (bicyclic) bond motifs is 1. The number of carbonyl (C=O) groups excluding carboxylic acids is 1. The van der Waals surface area contributed by atoms with Crippen molar-refractivity contribution in [3.8, 4) is 11.5 Å². The predicted molar refractivity (Wildman–Crippen MR) is 78.6 cm³/mol. The third-order valence-corrected chi connectivity index (χ3v) is 3.28. The number of rotatable bonds is 3. The lowest BCUT2D eigenvalue weighted by Gasteiger charge is -2.05. The fourth-order valence-electron chi connectivity index (χ4n) is 2.08. The number of benzene rings is 2. The molecule has 1 aliphatic rings. The van der Waals surface area contributed by atoms with E-state index in [1.54, 1.807) is 12.1 Å². The topological polar surface area (TPSA) is 59.9 Å². The summed E-state index contributed by atoms with van der Waals surface area (Å²) in [4.78, 5) is 12.1. The molecule has 1 aliphatic heterocycles. The van der Waals surface area contributed by atoms with Crippen LogP contribution in [0.5, 0.6) is 11.5 Å². The van der Waals surface area contributed by atoms with E-state index in [0.29, 0.717) is 17.1 Å². The third-order valence-electron chi connectivity index (χ3n) is 3.28. The minimum atomic E-state index is -0.747. The Morgan fingerprint density at radius 1 is 1.13 bits per heavy atom. The average molecular weight is 318 g/mol. The molecule has 1 N–H and O–H groups in total. The van der Waals surface area contributed by atoms with E-state index in [0.717, 1.165) is 12.1 Å². The van der Waals surface area contributed by atoms with Gasteiger partial charge >= 0.3 is 0 Å². The summed E-state index contributed by atoms with van der Waals surface area (Å²) in [6.07, 6.45) is 0. The molecule has 1 heterocycles. The predicted octanol–water partition coefficient (Wildman–Crippen LogP) is 2.85. The van der Waals surface area contributed by atoms with E-state index >= 15 is 0 Å². The molecule has 0 bridgehead atoms. The Kier molecular flexibility index (Phi) is 3.92. The Morgan fingerprint density at radius 2 is 1.91 bits per heavy atom. The summed E-state index contributed by atoms with van der Waals surface area (Å²) in [5, 5.41) is 3.84. The van der Waals surface area contributed by atoms with Gasteiger partial charge in [-0.05, 0) is 37.3 Å². The smallest absolute Gasteiger partial charge is 0.271 e. The number of nitrogens with one attached hydrogen (secondary N) is 1. The van der Waals surface area contributed by atoms with Crippen LogP contribution in [0.25, 0.3) is 0 Å². The minimum absolute atomic E-state index is 0.109. The molecule has 0 fully saturated rings. The van der Waals surface area contributed by atoms with Crippen molar-refractivity contribution in [2.75, 3.05) is 6.79 Å². The van der Waals surface area contributed by atoms with Crippen LogP contribution in [0.3, 0.4) is 0 Å². The van der Waals surface area contributed by atoms with Gasteiger partial charge in [0.05, 0.1) is 5.71 Å². The molecule has 0 aromatic heterocycles. The molecule has 1 amide bonds. The summed E-state index contributed by atoms with van der Waals surface area (Å²) < 4.78 is 36.9. The monoisotopic (exact) mass is 318 g/mol. The van der Waals surface area contributed by atoms with Gasteiger partial charge in [0, 0.05) is 17.2 Å². The Hall–Kier alpha value is -2.96. The zero-order valence-electron chi connectivity index (χ0n) is 12.1. The van der Waals surface area contributed by atoms with Gasteiger partial charge in [0.2, 0.25) is 6.79 Å². The molecular formula is C16H12F2N2O3. The number of halogens is 2. The lowest BCUT2D eigenvalue weighted by atomic mass is 10.1. The molecule has 0 aliphatic carbocycles. The van der Waals surface area contributed by atoms with Gasteiger partial charge in [0.15, 0.2) is 11.5 Å². The normalized spacial score (nSPS) is 13.1. The standard InChI is InChI=1S/C16H12F2N2O3/c1-9(12-4-3-11(17)7-13(12)18)19-20-16(21)10-2-5-14-15(6-10)23-8-22-14/h2-7H,8H2,1H3,(H,20,21)/b19-9+. The highest BCUT2D eigenvalue weighted by atomic mass is 19.1. The Morgan fingerprint density at radius 3 is 2.70 bits per heavy atom. The van der Waals surface area contributed by atoms with Crippen molar-refractivity contribution in [1.82, 2.24) is 5.43 Å². The first-order chi connectivity index (χ1) is 11.0. The lowest BCUT2D eigenvalue weighted by Crippen LogP contribution is -2.19. The number of hydrazone groups is 1. The molecule has 23 heavy (non-hydrogen) atoms. The van der Waals surface area contributed by atoms with Crippen molar-refractivity contribution in [1.29, 1.82) is 0 Å². The van der Waals surface area contributed by atoms with E-state index in [1.165, 1.54) is 19.1 Å². The summed E-state index contributed by atoms with van der Waals surface area (Å²) in [6.45, 7) is 1.62. The van der Waals surface area contributed by atoms with Crippen molar-refractivity contribution in [3.63, 3.8) is 0 Å². The summed E-state index contributed by atoms with van der Waals surface area (Å²) in [7, 11) is 0. The third kappa shape index (κ3) is 3.13. The molecule has 0 saturated heterocycles. The maximum Gasteiger partial charge on any atom is 0.271 e. The molecule has 0 saturated carbocycles. The first kappa shape index (κ1) is 15.0. The zero-order valence-corrected chi connectivity index (χ0v) is 12.1. The summed E-state index contributed by atoms with van der Waals surface area (Å²) >= 11 is 0. The highest BCUT2D eigenvalue weighted by Crippen LogP contribution is 2.32. The first-order valence-corrected chi connectivity index (χ1v) is 6.74. The fraction of sp³-hybridized carbons (Fsp3) is 0.125. The first-order valence-electron chi connectivity index (χ1n) is 6.74. The molecule has 7 heteroatoms. The van der Waals surface area contributed by atoms with Crippen LogP contribution in [0.4, 0.5) is 8.78 Å². The van der Waals surface area contributed by atoms with Gasteiger partial charge in [0.25, 0.3) is 5.91 Å². The van der Waals surface area contributed by atoms with Gasteiger partial charge in [0.1, 0.15) is 11.6 Å². The maximum atomic E-state index is 13.6. The van der Waals surface area contributed by atoms with Crippen molar-refractivity contribution >= 4 is 11.6 Å². The zero-order chi connectivity index (χ0) is 16.4. The second-order valence-electron chi connectivity index (χ2n) is 4.83. The second-order valence-corrected chi connectivity index (χ2v) is 4.83. The van der Waals surface area contributed by atoms with Gasteiger partial charge < -0.3 is 9.47 Å². The van der Waals surface area contributed by atoms with Crippen molar-refractivity contribution in [3.05, 3.63) is 59.2 Å². The molecule has 5 nitrogen and oxygen atoms in total. The summed E-state index contributed by atoms with van der Waals surface area (Å²) in [6, 6.07) is 7.85. The van der Waals surface area contributed by atoms with Gasteiger partial charge in [-0.1, -0.05) is 0 Å². The van der Waals surface area contributed by atoms with Crippen LogP contribution in [-0.4, -0.2) is 18.4 Å². The number of ether oxygens (including phenoxy) is 2. The van der Waals surface area contributed by atoms with Gasteiger partial charge in [-0.2, -0.15) is 5.10 Å². The molecule has 0 unspecified atom stereocenters. The van der Waals surface area contributed by atoms with Crippen LogP contribution < -0.4 is 14.9 Å². The minimum Gasteiger partial charge on any atom is -0.454 e. The van der Waals surface area contributed by atoms with Crippen molar-refractivity contribution in [2.45, 2.75) is 6.92 Å². The molecule has 3 rings (SSSR count). The fourth-order valence-corrected chi connectivity index (χ4v) is 2.08. The van der Waals surface area contributed by atoms with E-state index in [-0.39, 0.29) is 18.1 Å². The second kappa shape index (κ2) is 6.04. The Balaban J connectivity index is 1.75. The molecule has 0 atom stereocenters. The van der Waals surface area contributed by atoms with E-state index in [1.807, 2.05) is 0 Å². The van der Waals surface area contributed by atoms with Crippen LogP contribution >= 0.6 is 0 Å². The van der Waals surface area contributed by atoms with Crippen LogP contribution in [0.1, 0.15) is 22.8 Å². The number of amides is 1. The SMILES string of the molecule is C/C(=N\NC(=O)c1ccc2c(c1)OCO2)c1ccc(F)cc1F. The quantitative estimate of drug-likeness (QED) is 0.699. The van der Waals surface area contributed by atoms with Crippen LogP contribution in [0.15, 0.2) is 41.5 Å². The number of nitrogens with zero attached hydrogens (tertiary/aromatic N) is 1. The van der Waals surface area contributed by atoms with Crippen LogP contribution in [0, 0.1) is 11.6 Å². The molecule has 2 aromatic rings. The van der Waals surface area contributed by atoms with Crippen LogP contribution in [-0.2, 0) is 0 Å². The van der Waals surface area contributed by atoms with Gasteiger partial charge in [-0.3, -0.25) is 4.79 Å². The molecule has 0 spiro atoms. The van der Waals surface area contributed by atoms with Crippen LogP contribution in [0.2, 0.25) is 0 Å². The molecule has 118 valence electrons. The number of carbonyl (C=O) groups is 1. The number of hydrogen-bond donors (Lipinski definition) is 1. The Bertz CT molecular complexity index is 806. The van der Waals surface area contributed by atoms with Gasteiger partial charge in [-0.15, -0.1) is 0 Å². The maximum absolute atomic E-state index is 13.6. The lowest BCUT2D eigenvalue weighted by molar-refractivity contribution is 0.0954. The van der Waals surface area contributed by atoms with Crippen molar-refractivity contribution < 1.29 is 23.0 Å². The number of hydrogen-bond acceptors (Lipinski definition) is 4. The molecule has 2 aromatic carbocycles. The molecule has 0 radical (unpaired) electrons. The summed E-state index contributed by atoms with van der Waals surface area (Å²) in [5.41, 5.74) is 2.97. The van der Waals surface area contributed by atoms with E-state index in [4.69, 9.17) is 9.47 Å². The van der Waals surface area contributed by atoms with E-state index in [9.17, 15) is 13.6 Å². The van der Waals surface area contributed by atoms with Gasteiger partial charge in [-0.25, -0.2) is 14.2 Å². The highest BCUT2D eigenvalue weighted by Gasteiger charge is 2.16. The average Bonchev–Trinajstić information content (AvgIpc) is 2.99. The van der Waals surface area contributed by atoms with Crippen molar-refractivity contribution in [2.24, 2.45) is 5.10 Å². The molecular weight excluding hydrogens is 306 g/mol. The van der Waals surface area contributed by atoms with E-state index < -0.39 is 17.5 Å². The van der Waals surface area contributed by atoms with E-state index in [2.05, 4.69) is 10.5 Å². The largest absolute Gasteiger partial charge is 0.454 e. The summed E-state index contributed by atoms with van der Waals surface area (Å²) in [5.74, 6) is -0.866.